The minimum absolute atomic E-state index is 0.170. The SMILES string of the molecule is Oc1ncnc2c1cnn2-c1ccc(C2CCOC2)cc1F. The van der Waals surface area contributed by atoms with Crippen molar-refractivity contribution in [1.29, 1.82) is 0 Å². The molecule has 1 saturated heterocycles. The highest BCUT2D eigenvalue weighted by atomic mass is 19.1. The van der Waals surface area contributed by atoms with E-state index in [-0.39, 0.29) is 23.3 Å². The highest BCUT2D eigenvalue weighted by Crippen LogP contribution is 2.28. The van der Waals surface area contributed by atoms with Gasteiger partial charge in [0.05, 0.1) is 12.8 Å². The summed E-state index contributed by atoms with van der Waals surface area (Å²) in [5, 5.41) is 14.2. The third-order valence-electron chi connectivity index (χ3n) is 3.95. The lowest BCUT2D eigenvalue weighted by Crippen LogP contribution is -2.04. The Morgan fingerprint density at radius 1 is 1.32 bits per heavy atom. The largest absolute Gasteiger partial charge is 0.493 e. The van der Waals surface area contributed by atoms with Gasteiger partial charge in [-0.1, -0.05) is 6.07 Å². The molecule has 112 valence electrons. The first-order valence-corrected chi connectivity index (χ1v) is 6.99. The van der Waals surface area contributed by atoms with Gasteiger partial charge in [0.1, 0.15) is 23.2 Å². The van der Waals surface area contributed by atoms with E-state index in [9.17, 15) is 9.50 Å². The average molecular weight is 300 g/mol. The van der Waals surface area contributed by atoms with Gasteiger partial charge in [-0.15, -0.1) is 0 Å². The van der Waals surface area contributed by atoms with Gasteiger partial charge in [-0.25, -0.2) is 19.0 Å². The fourth-order valence-corrected chi connectivity index (χ4v) is 2.75. The fraction of sp³-hybridized carbons (Fsp3) is 0.267. The van der Waals surface area contributed by atoms with Crippen LogP contribution in [0.1, 0.15) is 17.9 Å². The van der Waals surface area contributed by atoms with Crippen molar-refractivity contribution in [3.05, 3.63) is 42.1 Å². The van der Waals surface area contributed by atoms with Gasteiger partial charge in [0.15, 0.2) is 5.65 Å². The Morgan fingerprint density at radius 3 is 3.00 bits per heavy atom. The van der Waals surface area contributed by atoms with Crippen LogP contribution in [0.25, 0.3) is 16.7 Å². The summed E-state index contributed by atoms with van der Waals surface area (Å²) in [7, 11) is 0. The maximum absolute atomic E-state index is 14.5. The van der Waals surface area contributed by atoms with E-state index in [2.05, 4.69) is 15.1 Å². The molecule has 1 atom stereocenters. The molecule has 1 aliphatic rings. The van der Waals surface area contributed by atoms with E-state index in [0.29, 0.717) is 24.2 Å². The molecular weight excluding hydrogens is 287 g/mol. The third kappa shape index (κ3) is 2.01. The van der Waals surface area contributed by atoms with E-state index in [4.69, 9.17) is 4.74 Å². The molecular formula is C15H13FN4O2. The summed E-state index contributed by atoms with van der Waals surface area (Å²) in [6.07, 6.45) is 3.55. The van der Waals surface area contributed by atoms with Crippen LogP contribution < -0.4 is 0 Å². The molecule has 0 amide bonds. The number of benzene rings is 1. The van der Waals surface area contributed by atoms with Gasteiger partial charge in [0.2, 0.25) is 5.88 Å². The Morgan fingerprint density at radius 2 is 2.23 bits per heavy atom. The van der Waals surface area contributed by atoms with Gasteiger partial charge >= 0.3 is 0 Å². The highest BCUT2D eigenvalue weighted by Gasteiger charge is 2.20. The van der Waals surface area contributed by atoms with Crippen LogP contribution in [0.5, 0.6) is 5.88 Å². The number of aromatic hydroxyl groups is 1. The van der Waals surface area contributed by atoms with Crippen LogP contribution >= 0.6 is 0 Å². The summed E-state index contributed by atoms with van der Waals surface area (Å²) < 4.78 is 21.2. The van der Waals surface area contributed by atoms with Crippen molar-refractivity contribution in [1.82, 2.24) is 19.7 Å². The van der Waals surface area contributed by atoms with Crippen LogP contribution in [-0.4, -0.2) is 38.1 Å². The molecule has 22 heavy (non-hydrogen) atoms. The second-order valence-electron chi connectivity index (χ2n) is 5.26. The molecule has 1 fully saturated rings. The third-order valence-corrected chi connectivity index (χ3v) is 3.95. The van der Waals surface area contributed by atoms with Crippen LogP contribution in [-0.2, 0) is 4.74 Å². The number of hydrogen-bond donors (Lipinski definition) is 1. The summed E-state index contributed by atoms with van der Waals surface area (Å²) in [5.41, 5.74) is 1.58. The van der Waals surface area contributed by atoms with Gasteiger partial charge in [0, 0.05) is 12.5 Å². The molecule has 0 aliphatic carbocycles. The molecule has 1 aliphatic heterocycles. The van der Waals surface area contributed by atoms with E-state index >= 15 is 0 Å². The second kappa shape index (κ2) is 5.03. The predicted octanol–water partition coefficient (Wildman–Crippen LogP) is 2.16. The van der Waals surface area contributed by atoms with Crippen molar-refractivity contribution in [2.24, 2.45) is 0 Å². The number of halogens is 1. The van der Waals surface area contributed by atoms with Crippen molar-refractivity contribution < 1.29 is 14.2 Å². The normalized spacial score (nSPS) is 18.1. The fourth-order valence-electron chi connectivity index (χ4n) is 2.75. The Kier molecular flexibility index (Phi) is 3.00. The average Bonchev–Trinajstić information content (AvgIpc) is 3.17. The quantitative estimate of drug-likeness (QED) is 0.785. The molecule has 2 aromatic heterocycles. The second-order valence-corrected chi connectivity index (χ2v) is 5.26. The number of ether oxygens (including phenoxy) is 1. The van der Waals surface area contributed by atoms with Crippen LogP contribution in [0, 0.1) is 5.82 Å². The van der Waals surface area contributed by atoms with Crippen LogP contribution in [0.2, 0.25) is 0 Å². The zero-order valence-electron chi connectivity index (χ0n) is 11.6. The van der Waals surface area contributed by atoms with Crippen molar-refractivity contribution in [3.63, 3.8) is 0 Å². The van der Waals surface area contributed by atoms with Crippen molar-refractivity contribution in [2.75, 3.05) is 13.2 Å². The van der Waals surface area contributed by atoms with Gasteiger partial charge in [-0.3, -0.25) is 0 Å². The minimum Gasteiger partial charge on any atom is -0.493 e. The van der Waals surface area contributed by atoms with Crippen molar-refractivity contribution in [3.8, 4) is 11.6 Å². The Labute approximate surface area is 125 Å². The van der Waals surface area contributed by atoms with Gasteiger partial charge < -0.3 is 9.84 Å². The molecule has 1 aromatic carbocycles. The first kappa shape index (κ1) is 13.1. The van der Waals surface area contributed by atoms with Crippen molar-refractivity contribution >= 4 is 11.0 Å². The van der Waals surface area contributed by atoms with E-state index in [1.54, 1.807) is 6.07 Å². The van der Waals surface area contributed by atoms with E-state index in [1.165, 1.54) is 23.3 Å². The minimum atomic E-state index is -0.382. The molecule has 6 nitrogen and oxygen atoms in total. The molecule has 3 aromatic rings. The predicted molar refractivity (Wildman–Crippen MR) is 76.5 cm³/mol. The first-order valence-electron chi connectivity index (χ1n) is 6.99. The number of aromatic nitrogens is 4. The number of hydrogen-bond acceptors (Lipinski definition) is 5. The molecule has 1 N–H and O–H groups in total. The zero-order chi connectivity index (χ0) is 15.1. The monoisotopic (exact) mass is 300 g/mol. The lowest BCUT2D eigenvalue weighted by Gasteiger charge is -2.10. The molecule has 3 heterocycles. The zero-order valence-corrected chi connectivity index (χ0v) is 11.6. The maximum Gasteiger partial charge on any atom is 0.225 e. The summed E-state index contributed by atoms with van der Waals surface area (Å²) in [5.74, 6) is -0.312. The molecule has 1 unspecified atom stereocenters. The van der Waals surface area contributed by atoms with Crippen LogP contribution in [0.3, 0.4) is 0 Å². The number of rotatable bonds is 2. The highest BCUT2D eigenvalue weighted by molar-refractivity contribution is 5.80. The Balaban J connectivity index is 1.80. The van der Waals surface area contributed by atoms with Gasteiger partial charge in [-0.05, 0) is 24.1 Å². The number of nitrogens with zero attached hydrogens (tertiary/aromatic N) is 4. The maximum atomic E-state index is 14.5. The summed E-state index contributed by atoms with van der Waals surface area (Å²) in [6.45, 7) is 1.35. The molecule has 7 heteroatoms. The molecule has 0 radical (unpaired) electrons. The lowest BCUT2D eigenvalue weighted by atomic mass is 9.98. The van der Waals surface area contributed by atoms with Crippen LogP contribution in [0.15, 0.2) is 30.7 Å². The smallest absolute Gasteiger partial charge is 0.225 e. The van der Waals surface area contributed by atoms with Gasteiger partial charge in [-0.2, -0.15) is 5.10 Å². The van der Waals surface area contributed by atoms with E-state index < -0.39 is 0 Å². The van der Waals surface area contributed by atoms with Crippen molar-refractivity contribution in [2.45, 2.75) is 12.3 Å². The summed E-state index contributed by atoms with van der Waals surface area (Å²) >= 11 is 0. The van der Waals surface area contributed by atoms with Gasteiger partial charge in [0.25, 0.3) is 0 Å². The van der Waals surface area contributed by atoms with E-state index in [1.807, 2.05) is 6.07 Å². The number of fused-ring (bicyclic) bond motifs is 1. The first-order chi connectivity index (χ1) is 10.7. The topological polar surface area (TPSA) is 73.1 Å². The molecule has 0 saturated carbocycles. The molecule has 0 bridgehead atoms. The molecule has 4 rings (SSSR count). The Hall–Kier alpha value is -2.54. The molecule has 0 spiro atoms. The van der Waals surface area contributed by atoms with E-state index in [0.717, 1.165) is 12.0 Å². The lowest BCUT2D eigenvalue weighted by molar-refractivity contribution is 0.194. The Bertz CT molecular complexity index is 843. The summed E-state index contributed by atoms with van der Waals surface area (Å²) in [4.78, 5) is 7.75. The summed E-state index contributed by atoms with van der Waals surface area (Å²) in [6, 6.07) is 5.07. The van der Waals surface area contributed by atoms with Crippen LogP contribution in [0.4, 0.5) is 4.39 Å². The standard InChI is InChI=1S/C15H13FN4O2/c16-12-5-9(10-3-4-22-7-10)1-2-13(12)20-14-11(6-19-20)15(21)18-8-17-14/h1-2,5-6,8,10H,3-4,7H2,(H,17,18,21).